The van der Waals surface area contributed by atoms with Crippen molar-refractivity contribution in [2.75, 3.05) is 11.9 Å². The molecule has 0 aromatic heterocycles. The molecule has 0 bridgehead atoms. The number of hydrogen-bond donors (Lipinski definition) is 1. The topological polar surface area (TPSA) is 81.5 Å². The van der Waals surface area contributed by atoms with Crippen LogP contribution in [0.15, 0.2) is 72.8 Å². The Bertz CT molecular complexity index is 993. The molecule has 0 radical (unpaired) electrons. The van der Waals surface area contributed by atoms with E-state index >= 15 is 0 Å². The predicted octanol–water partition coefficient (Wildman–Crippen LogP) is 4.86. The van der Waals surface area contributed by atoms with Gasteiger partial charge in [-0.3, -0.25) is 14.9 Å². The molecule has 3 aromatic rings. The maximum absolute atomic E-state index is 12.2. The standard InChI is InChI=1S/C21H17ClN2O4/c22-18-8-4-5-9-19(18)23-21(25)14-28-20-11-10-17(24(26)27)13-16(20)12-15-6-2-1-3-7-15/h1-11,13H,12,14H2,(H,23,25). The summed E-state index contributed by atoms with van der Waals surface area (Å²) in [7, 11) is 0. The van der Waals surface area contributed by atoms with Crippen molar-refractivity contribution in [2.45, 2.75) is 6.42 Å². The van der Waals surface area contributed by atoms with Gasteiger partial charge in [0.25, 0.3) is 11.6 Å². The van der Waals surface area contributed by atoms with Crippen LogP contribution in [0.3, 0.4) is 0 Å². The molecule has 1 N–H and O–H groups in total. The molecule has 0 saturated carbocycles. The van der Waals surface area contributed by atoms with Crippen molar-refractivity contribution in [1.82, 2.24) is 0 Å². The number of nitro benzene ring substituents is 1. The third-order valence-electron chi connectivity index (χ3n) is 4.00. The second kappa shape index (κ2) is 9.01. The van der Waals surface area contributed by atoms with Crippen LogP contribution in [0.25, 0.3) is 0 Å². The zero-order valence-electron chi connectivity index (χ0n) is 14.8. The summed E-state index contributed by atoms with van der Waals surface area (Å²) in [6.45, 7) is -0.245. The number of amides is 1. The maximum atomic E-state index is 12.2. The average Bonchev–Trinajstić information content (AvgIpc) is 2.69. The van der Waals surface area contributed by atoms with Gasteiger partial charge >= 0.3 is 0 Å². The Morgan fingerprint density at radius 2 is 1.75 bits per heavy atom. The maximum Gasteiger partial charge on any atom is 0.269 e. The molecule has 0 fully saturated rings. The molecule has 3 aromatic carbocycles. The molecular formula is C21H17ClN2O4. The van der Waals surface area contributed by atoms with Crippen LogP contribution < -0.4 is 10.1 Å². The highest BCUT2D eigenvalue weighted by atomic mass is 35.5. The van der Waals surface area contributed by atoms with Gasteiger partial charge in [0.1, 0.15) is 5.75 Å². The van der Waals surface area contributed by atoms with Crippen LogP contribution in [0, 0.1) is 10.1 Å². The molecule has 6 nitrogen and oxygen atoms in total. The number of ether oxygens (including phenoxy) is 1. The normalized spacial score (nSPS) is 10.3. The number of benzene rings is 3. The smallest absolute Gasteiger partial charge is 0.269 e. The first-order valence-electron chi connectivity index (χ1n) is 8.51. The number of non-ortho nitro benzene ring substituents is 1. The van der Waals surface area contributed by atoms with Crippen molar-refractivity contribution in [3.63, 3.8) is 0 Å². The molecule has 1 amide bonds. The first kappa shape index (κ1) is 19.4. The van der Waals surface area contributed by atoms with Crippen LogP contribution in [-0.2, 0) is 11.2 Å². The Balaban J connectivity index is 1.74. The quantitative estimate of drug-likeness (QED) is 0.457. The van der Waals surface area contributed by atoms with Gasteiger partial charge in [0, 0.05) is 24.1 Å². The van der Waals surface area contributed by atoms with Crippen molar-refractivity contribution in [3.8, 4) is 5.75 Å². The summed E-state index contributed by atoms with van der Waals surface area (Å²) < 4.78 is 5.64. The van der Waals surface area contributed by atoms with Gasteiger partial charge in [0.15, 0.2) is 6.61 Å². The third-order valence-corrected chi connectivity index (χ3v) is 4.33. The number of nitrogens with zero attached hydrogens (tertiary/aromatic N) is 1. The average molecular weight is 397 g/mol. The zero-order chi connectivity index (χ0) is 19.9. The van der Waals surface area contributed by atoms with Crippen molar-refractivity contribution in [3.05, 3.63) is 99.1 Å². The van der Waals surface area contributed by atoms with E-state index in [2.05, 4.69) is 5.32 Å². The summed E-state index contributed by atoms with van der Waals surface area (Å²) in [5.41, 5.74) is 2.07. The minimum absolute atomic E-state index is 0.0289. The summed E-state index contributed by atoms with van der Waals surface area (Å²) >= 11 is 6.03. The summed E-state index contributed by atoms with van der Waals surface area (Å²) in [5.74, 6) is 0.0425. The van der Waals surface area contributed by atoms with Crippen LogP contribution in [0.1, 0.15) is 11.1 Å². The lowest BCUT2D eigenvalue weighted by molar-refractivity contribution is -0.384. The molecule has 0 atom stereocenters. The van der Waals surface area contributed by atoms with Gasteiger partial charge in [-0.2, -0.15) is 0 Å². The fraction of sp³-hybridized carbons (Fsp3) is 0.0952. The van der Waals surface area contributed by atoms with Crippen molar-refractivity contribution in [1.29, 1.82) is 0 Å². The minimum atomic E-state index is -0.456. The number of rotatable bonds is 7. The highest BCUT2D eigenvalue weighted by Crippen LogP contribution is 2.27. The van der Waals surface area contributed by atoms with E-state index in [1.165, 1.54) is 18.2 Å². The zero-order valence-corrected chi connectivity index (χ0v) is 15.6. The molecule has 3 rings (SSSR count). The fourth-order valence-corrected chi connectivity index (χ4v) is 2.85. The number of nitro groups is 1. The molecule has 0 aliphatic carbocycles. The Hall–Kier alpha value is -3.38. The van der Waals surface area contributed by atoms with E-state index in [0.29, 0.717) is 28.4 Å². The Morgan fingerprint density at radius 3 is 2.46 bits per heavy atom. The molecule has 0 heterocycles. The van der Waals surface area contributed by atoms with Crippen molar-refractivity contribution >= 4 is 28.9 Å². The highest BCUT2D eigenvalue weighted by Gasteiger charge is 2.14. The molecule has 0 spiro atoms. The Kier molecular flexibility index (Phi) is 6.24. The number of hydrogen-bond acceptors (Lipinski definition) is 4. The molecule has 0 unspecified atom stereocenters. The van der Waals surface area contributed by atoms with Gasteiger partial charge in [0.2, 0.25) is 0 Å². The van der Waals surface area contributed by atoms with E-state index in [4.69, 9.17) is 16.3 Å². The molecule has 0 aliphatic rings. The van der Waals surface area contributed by atoms with Gasteiger partial charge in [-0.1, -0.05) is 54.1 Å². The molecule has 7 heteroatoms. The van der Waals surface area contributed by atoms with Crippen molar-refractivity contribution < 1.29 is 14.5 Å². The molecule has 28 heavy (non-hydrogen) atoms. The van der Waals surface area contributed by atoms with Gasteiger partial charge in [-0.25, -0.2) is 0 Å². The lowest BCUT2D eigenvalue weighted by Gasteiger charge is -2.12. The number of carbonyl (C=O) groups is 1. The number of para-hydroxylation sites is 1. The van der Waals surface area contributed by atoms with Gasteiger partial charge in [-0.15, -0.1) is 0 Å². The molecule has 142 valence electrons. The van der Waals surface area contributed by atoms with Crippen LogP contribution >= 0.6 is 11.6 Å². The number of carbonyl (C=O) groups excluding carboxylic acids is 1. The lowest BCUT2D eigenvalue weighted by Crippen LogP contribution is -2.20. The Labute approximate surface area is 166 Å². The summed E-state index contributed by atoms with van der Waals surface area (Å²) in [6, 6.07) is 20.8. The van der Waals surface area contributed by atoms with Crippen LogP contribution in [0.4, 0.5) is 11.4 Å². The minimum Gasteiger partial charge on any atom is -0.483 e. The second-order valence-corrected chi connectivity index (χ2v) is 6.44. The van der Waals surface area contributed by atoms with E-state index in [-0.39, 0.29) is 18.2 Å². The summed E-state index contributed by atoms with van der Waals surface area (Å²) in [4.78, 5) is 22.8. The first-order chi connectivity index (χ1) is 13.5. The monoisotopic (exact) mass is 396 g/mol. The molecular weight excluding hydrogens is 380 g/mol. The van der Waals surface area contributed by atoms with Gasteiger partial charge in [-0.05, 0) is 23.8 Å². The van der Waals surface area contributed by atoms with Crippen molar-refractivity contribution in [2.24, 2.45) is 0 Å². The summed E-state index contributed by atoms with van der Waals surface area (Å²) in [6.07, 6.45) is 0.448. The lowest BCUT2D eigenvalue weighted by atomic mass is 10.0. The number of halogens is 1. The van der Waals surface area contributed by atoms with E-state index in [9.17, 15) is 14.9 Å². The predicted molar refractivity (Wildman–Crippen MR) is 108 cm³/mol. The van der Waals surface area contributed by atoms with Gasteiger partial charge < -0.3 is 10.1 Å². The fourth-order valence-electron chi connectivity index (χ4n) is 2.67. The van der Waals surface area contributed by atoms with E-state index in [1.54, 1.807) is 24.3 Å². The number of anilines is 1. The van der Waals surface area contributed by atoms with E-state index < -0.39 is 4.92 Å². The van der Waals surface area contributed by atoms with Crippen LogP contribution in [0.5, 0.6) is 5.75 Å². The van der Waals surface area contributed by atoms with Crippen LogP contribution in [0.2, 0.25) is 5.02 Å². The highest BCUT2D eigenvalue weighted by molar-refractivity contribution is 6.33. The largest absolute Gasteiger partial charge is 0.483 e. The SMILES string of the molecule is O=C(COc1ccc([N+](=O)[O-])cc1Cc1ccccc1)Nc1ccccc1Cl. The third kappa shape index (κ3) is 5.08. The first-order valence-corrected chi connectivity index (χ1v) is 8.89. The Morgan fingerprint density at radius 1 is 1.04 bits per heavy atom. The molecule has 0 saturated heterocycles. The summed E-state index contributed by atoms with van der Waals surface area (Å²) in [5, 5.41) is 14.2. The van der Waals surface area contributed by atoms with E-state index in [1.807, 2.05) is 30.3 Å². The molecule has 0 aliphatic heterocycles. The second-order valence-electron chi connectivity index (χ2n) is 6.03. The van der Waals surface area contributed by atoms with E-state index in [0.717, 1.165) is 5.56 Å². The van der Waals surface area contributed by atoms with Gasteiger partial charge in [0.05, 0.1) is 15.6 Å². The number of nitrogens with one attached hydrogen (secondary N) is 1. The van der Waals surface area contributed by atoms with Crippen LogP contribution in [-0.4, -0.2) is 17.4 Å².